The van der Waals surface area contributed by atoms with Crippen molar-refractivity contribution in [3.05, 3.63) is 21.9 Å². The van der Waals surface area contributed by atoms with Crippen molar-refractivity contribution in [2.45, 2.75) is 51.4 Å². The zero-order chi connectivity index (χ0) is 9.69. The molecule has 0 unspecified atom stereocenters. The Morgan fingerprint density at radius 3 is 2.31 bits per heavy atom. The normalized spacial score (nSPS) is 24.0. The Morgan fingerprint density at radius 1 is 1.08 bits per heavy atom. The van der Waals surface area contributed by atoms with Gasteiger partial charge in [0.05, 0.1) is 0 Å². The van der Waals surface area contributed by atoms with E-state index in [1.807, 2.05) is 11.3 Å². The lowest BCUT2D eigenvalue weighted by Crippen LogP contribution is -2.31. The third kappa shape index (κ3) is 1.34. The summed E-state index contributed by atoms with van der Waals surface area (Å²) in [6.45, 7) is 9.48. The largest absolute Gasteiger partial charge is 0.148 e. The summed E-state index contributed by atoms with van der Waals surface area (Å²) >= 11 is 1.93. The highest BCUT2D eigenvalue weighted by Gasteiger charge is 2.37. The molecular formula is C12H18S. The van der Waals surface area contributed by atoms with Gasteiger partial charge in [0, 0.05) is 4.88 Å². The van der Waals surface area contributed by atoms with Crippen LogP contribution in [0.15, 0.2) is 11.4 Å². The first-order valence-corrected chi connectivity index (χ1v) is 5.90. The van der Waals surface area contributed by atoms with Crippen LogP contribution >= 0.6 is 11.3 Å². The number of fused-ring (bicyclic) bond motifs is 1. The predicted molar refractivity (Wildman–Crippen MR) is 59.6 cm³/mol. The maximum atomic E-state index is 2.37. The monoisotopic (exact) mass is 194 g/mol. The summed E-state index contributed by atoms with van der Waals surface area (Å²) in [7, 11) is 0. The molecule has 13 heavy (non-hydrogen) atoms. The molecule has 1 heterocycles. The summed E-state index contributed by atoms with van der Waals surface area (Å²) < 4.78 is 0. The minimum absolute atomic E-state index is 0.408. The van der Waals surface area contributed by atoms with E-state index in [1.54, 1.807) is 10.4 Å². The molecule has 0 saturated carbocycles. The van der Waals surface area contributed by atoms with Crippen LogP contribution in [0.1, 0.15) is 51.0 Å². The number of rotatable bonds is 0. The molecular weight excluding hydrogens is 176 g/mol. The molecule has 0 N–H and O–H groups in total. The molecule has 0 atom stereocenters. The van der Waals surface area contributed by atoms with Gasteiger partial charge in [-0.25, -0.2) is 0 Å². The van der Waals surface area contributed by atoms with E-state index < -0.39 is 0 Å². The molecule has 72 valence electrons. The van der Waals surface area contributed by atoms with Gasteiger partial charge in [-0.2, -0.15) is 0 Å². The molecule has 1 aliphatic carbocycles. The van der Waals surface area contributed by atoms with Gasteiger partial charge >= 0.3 is 0 Å². The van der Waals surface area contributed by atoms with Crippen molar-refractivity contribution in [1.29, 1.82) is 0 Å². The summed E-state index contributed by atoms with van der Waals surface area (Å²) in [5.41, 5.74) is 2.41. The van der Waals surface area contributed by atoms with Crippen molar-refractivity contribution in [1.82, 2.24) is 0 Å². The highest BCUT2D eigenvalue weighted by molar-refractivity contribution is 7.10. The first-order chi connectivity index (χ1) is 5.93. The Kier molecular flexibility index (Phi) is 1.85. The van der Waals surface area contributed by atoms with Gasteiger partial charge in [-0.3, -0.25) is 0 Å². The summed E-state index contributed by atoms with van der Waals surface area (Å²) in [5.74, 6) is 0. The number of hydrogen-bond donors (Lipinski definition) is 0. The van der Waals surface area contributed by atoms with Crippen LogP contribution in [0.3, 0.4) is 0 Å². The fourth-order valence-corrected chi connectivity index (χ4v) is 3.47. The highest BCUT2D eigenvalue weighted by atomic mass is 32.1. The molecule has 1 heteroatoms. The quantitative estimate of drug-likeness (QED) is 0.583. The van der Waals surface area contributed by atoms with Crippen LogP contribution in [0.2, 0.25) is 0 Å². The van der Waals surface area contributed by atoms with E-state index in [4.69, 9.17) is 0 Å². The maximum absolute atomic E-state index is 2.37. The first kappa shape index (κ1) is 9.26. The van der Waals surface area contributed by atoms with Crippen molar-refractivity contribution in [3.63, 3.8) is 0 Å². The van der Waals surface area contributed by atoms with Crippen molar-refractivity contribution >= 4 is 11.3 Å². The standard InChI is InChI=1S/C12H18S/c1-11(2)6-7-12(3,4)10-9(11)5-8-13-10/h5,8H,6-7H2,1-4H3. The highest BCUT2D eigenvalue weighted by Crippen LogP contribution is 2.47. The van der Waals surface area contributed by atoms with E-state index in [2.05, 4.69) is 39.1 Å². The Labute approximate surface area is 85.0 Å². The van der Waals surface area contributed by atoms with Gasteiger partial charge in [0.1, 0.15) is 0 Å². The van der Waals surface area contributed by atoms with Crippen LogP contribution in [0, 0.1) is 0 Å². The van der Waals surface area contributed by atoms with Crippen LogP contribution in [0.25, 0.3) is 0 Å². The minimum Gasteiger partial charge on any atom is -0.148 e. The molecule has 0 saturated heterocycles. The van der Waals surface area contributed by atoms with E-state index in [0.29, 0.717) is 10.8 Å². The second-order valence-corrected chi connectivity index (χ2v) is 6.35. The van der Waals surface area contributed by atoms with Crippen LogP contribution in [-0.4, -0.2) is 0 Å². The van der Waals surface area contributed by atoms with Gasteiger partial charge in [0.15, 0.2) is 0 Å². The Bertz CT molecular complexity index is 287. The lowest BCUT2D eigenvalue weighted by molar-refractivity contribution is 0.339. The van der Waals surface area contributed by atoms with Crippen molar-refractivity contribution in [2.75, 3.05) is 0 Å². The molecule has 0 aromatic carbocycles. The molecule has 0 amide bonds. The van der Waals surface area contributed by atoms with Gasteiger partial charge < -0.3 is 0 Å². The molecule has 0 aliphatic heterocycles. The van der Waals surface area contributed by atoms with Gasteiger partial charge in [-0.05, 0) is 40.7 Å². The van der Waals surface area contributed by atoms with Gasteiger partial charge in [-0.1, -0.05) is 27.7 Å². The van der Waals surface area contributed by atoms with Crippen LogP contribution in [0.4, 0.5) is 0 Å². The zero-order valence-electron chi connectivity index (χ0n) is 8.98. The van der Waals surface area contributed by atoms with Crippen LogP contribution in [-0.2, 0) is 10.8 Å². The molecule has 0 fully saturated rings. The molecule has 1 aliphatic rings. The van der Waals surface area contributed by atoms with E-state index in [1.165, 1.54) is 12.8 Å². The van der Waals surface area contributed by atoms with Crippen LogP contribution < -0.4 is 0 Å². The SMILES string of the molecule is CC1(C)CCC(C)(C)c2sccc21. The maximum Gasteiger partial charge on any atom is 0.0139 e. The van der Waals surface area contributed by atoms with Crippen molar-refractivity contribution in [3.8, 4) is 0 Å². The molecule has 2 rings (SSSR count). The lowest BCUT2D eigenvalue weighted by Gasteiger charge is -2.39. The van der Waals surface area contributed by atoms with Gasteiger partial charge in [-0.15, -0.1) is 11.3 Å². The lowest BCUT2D eigenvalue weighted by atomic mass is 9.67. The second-order valence-electron chi connectivity index (χ2n) is 5.43. The molecule has 0 nitrogen and oxygen atoms in total. The van der Waals surface area contributed by atoms with E-state index in [-0.39, 0.29) is 0 Å². The van der Waals surface area contributed by atoms with E-state index in [0.717, 1.165) is 0 Å². The summed E-state index contributed by atoms with van der Waals surface area (Å²) in [5, 5.41) is 2.25. The van der Waals surface area contributed by atoms with E-state index in [9.17, 15) is 0 Å². The third-order valence-electron chi connectivity index (χ3n) is 3.38. The third-order valence-corrected chi connectivity index (χ3v) is 4.66. The first-order valence-electron chi connectivity index (χ1n) is 5.02. The number of thiophene rings is 1. The Balaban J connectivity index is 2.56. The summed E-state index contributed by atoms with van der Waals surface area (Å²) in [6.07, 6.45) is 2.65. The van der Waals surface area contributed by atoms with E-state index >= 15 is 0 Å². The zero-order valence-corrected chi connectivity index (χ0v) is 9.79. The van der Waals surface area contributed by atoms with Crippen molar-refractivity contribution < 1.29 is 0 Å². The Hall–Kier alpha value is -0.300. The Morgan fingerprint density at radius 2 is 1.69 bits per heavy atom. The average Bonchev–Trinajstić information content (AvgIpc) is 2.48. The summed E-state index contributed by atoms with van der Waals surface area (Å²) in [6, 6.07) is 2.32. The fourth-order valence-electron chi connectivity index (χ4n) is 2.24. The molecule has 0 bridgehead atoms. The van der Waals surface area contributed by atoms with Gasteiger partial charge in [0.2, 0.25) is 0 Å². The fraction of sp³-hybridized carbons (Fsp3) is 0.667. The molecule has 1 aromatic heterocycles. The number of hydrogen-bond acceptors (Lipinski definition) is 1. The smallest absolute Gasteiger partial charge is 0.0139 e. The molecule has 1 aromatic rings. The van der Waals surface area contributed by atoms with Crippen LogP contribution in [0.5, 0.6) is 0 Å². The summed E-state index contributed by atoms with van der Waals surface area (Å²) in [4.78, 5) is 1.61. The predicted octanol–water partition coefficient (Wildman–Crippen LogP) is 4.10. The van der Waals surface area contributed by atoms with Crippen molar-refractivity contribution in [2.24, 2.45) is 0 Å². The molecule has 0 spiro atoms. The minimum atomic E-state index is 0.408. The topological polar surface area (TPSA) is 0 Å². The van der Waals surface area contributed by atoms with Gasteiger partial charge in [0.25, 0.3) is 0 Å². The molecule has 0 radical (unpaired) electrons. The average molecular weight is 194 g/mol. The second kappa shape index (κ2) is 2.60.